The highest BCUT2D eigenvalue weighted by molar-refractivity contribution is 8.15. The van der Waals surface area contributed by atoms with E-state index < -0.39 is 5.25 Å². The second-order valence-corrected chi connectivity index (χ2v) is 7.42. The maximum atomic E-state index is 12.4. The molecule has 2 aliphatic heterocycles. The van der Waals surface area contributed by atoms with Gasteiger partial charge in [0.2, 0.25) is 5.91 Å². The van der Waals surface area contributed by atoms with Crippen molar-refractivity contribution in [3.05, 3.63) is 42.5 Å². The van der Waals surface area contributed by atoms with Crippen molar-refractivity contribution in [2.24, 2.45) is 4.99 Å². The van der Waals surface area contributed by atoms with Gasteiger partial charge in [-0.3, -0.25) is 9.59 Å². The number of thioether (sulfide) groups is 1. The Kier molecular flexibility index (Phi) is 4.90. The number of nitrogens with one attached hydrogen (secondary N) is 1. The second kappa shape index (κ2) is 7.47. The SMILES string of the molecule is O=C(CC1SC(N2CCOCC2)=NC1=O)Nc1ccc2ccccc2c1. The number of aliphatic imine (C=N–C) groups is 1. The molecule has 4 rings (SSSR count). The molecule has 134 valence electrons. The molecule has 26 heavy (non-hydrogen) atoms. The standard InChI is InChI=1S/C19H19N3O3S/c23-17(20-15-6-5-13-3-1-2-4-14(13)11-15)12-16-18(24)21-19(26-16)22-7-9-25-10-8-22/h1-6,11,16H,7-10,12H2,(H,20,23). The van der Waals surface area contributed by atoms with Crippen LogP contribution < -0.4 is 5.32 Å². The van der Waals surface area contributed by atoms with Gasteiger partial charge in [0.15, 0.2) is 5.17 Å². The fourth-order valence-electron chi connectivity index (χ4n) is 3.05. The number of fused-ring (bicyclic) bond motifs is 1. The van der Waals surface area contributed by atoms with Crippen molar-refractivity contribution < 1.29 is 14.3 Å². The molecule has 6 nitrogen and oxygen atoms in total. The zero-order chi connectivity index (χ0) is 17.9. The van der Waals surface area contributed by atoms with Crippen LogP contribution in [0.1, 0.15) is 6.42 Å². The number of rotatable bonds is 3. The van der Waals surface area contributed by atoms with Crippen LogP contribution in [0.25, 0.3) is 10.8 Å². The van der Waals surface area contributed by atoms with Gasteiger partial charge in [0, 0.05) is 25.2 Å². The van der Waals surface area contributed by atoms with Gasteiger partial charge in [-0.1, -0.05) is 42.1 Å². The molecule has 0 spiro atoms. The first-order valence-electron chi connectivity index (χ1n) is 8.59. The molecule has 1 saturated heterocycles. The molecule has 1 N–H and O–H groups in total. The lowest BCUT2D eigenvalue weighted by molar-refractivity contribution is -0.121. The smallest absolute Gasteiger partial charge is 0.262 e. The van der Waals surface area contributed by atoms with E-state index >= 15 is 0 Å². The van der Waals surface area contributed by atoms with Gasteiger partial charge in [-0.2, -0.15) is 4.99 Å². The van der Waals surface area contributed by atoms with Crippen LogP contribution >= 0.6 is 11.8 Å². The predicted octanol–water partition coefficient (Wildman–Crippen LogP) is 2.50. The molecule has 2 aromatic rings. The Labute approximate surface area is 155 Å². The number of morpholine rings is 1. The van der Waals surface area contributed by atoms with Gasteiger partial charge in [0.1, 0.15) is 5.25 Å². The minimum atomic E-state index is -0.451. The van der Waals surface area contributed by atoms with Crippen LogP contribution in [0.2, 0.25) is 0 Å². The molecule has 7 heteroatoms. The summed E-state index contributed by atoms with van der Waals surface area (Å²) in [4.78, 5) is 30.7. The number of amidine groups is 1. The molecule has 2 aromatic carbocycles. The van der Waals surface area contributed by atoms with Crippen molar-refractivity contribution in [3.63, 3.8) is 0 Å². The summed E-state index contributed by atoms with van der Waals surface area (Å²) in [7, 11) is 0. The van der Waals surface area contributed by atoms with Gasteiger partial charge in [-0.15, -0.1) is 0 Å². The van der Waals surface area contributed by atoms with Crippen LogP contribution in [0.4, 0.5) is 5.69 Å². The summed E-state index contributed by atoms with van der Waals surface area (Å²) in [6.07, 6.45) is 0.119. The molecule has 1 fully saturated rings. The zero-order valence-corrected chi connectivity index (χ0v) is 15.0. The van der Waals surface area contributed by atoms with Gasteiger partial charge in [-0.25, -0.2) is 0 Å². The number of hydrogen-bond acceptors (Lipinski definition) is 5. The highest BCUT2D eigenvalue weighted by atomic mass is 32.2. The Balaban J connectivity index is 1.36. The van der Waals surface area contributed by atoms with Gasteiger partial charge in [-0.05, 0) is 22.9 Å². The van der Waals surface area contributed by atoms with Crippen molar-refractivity contribution >= 4 is 45.2 Å². The van der Waals surface area contributed by atoms with Crippen molar-refractivity contribution in [2.75, 3.05) is 31.6 Å². The molecule has 0 radical (unpaired) electrons. The number of amides is 2. The summed E-state index contributed by atoms with van der Waals surface area (Å²) in [5.41, 5.74) is 0.735. The lowest BCUT2D eigenvalue weighted by Gasteiger charge is -2.27. The number of carbonyl (C=O) groups is 2. The number of ether oxygens (including phenoxy) is 1. The number of carbonyl (C=O) groups excluding carboxylic acids is 2. The largest absolute Gasteiger partial charge is 0.378 e. The molecule has 0 aromatic heterocycles. The van der Waals surface area contributed by atoms with E-state index in [4.69, 9.17) is 4.74 Å². The van der Waals surface area contributed by atoms with E-state index in [0.29, 0.717) is 18.4 Å². The second-order valence-electron chi connectivity index (χ2n) is 6.25. The Bertz CT molecular complexity index is 877. The molecule has 1 atom stereocenters. The summed E-state index contributed by atoms with van der Waals surface area (Å²) < 4.78 is 5.32. The predicted molar refractivity (Wildman–Crippen MR) is 103 cm³/mol. The lowest BCUT2D eigenvalue weighted by Crippen LogP contribution is -2.39. The summed E-state index contributed by atoms with van der Waals surface area (Å²) >= 11 is 1.38. The number of nitrogens with zero attached hydrogens (tertiary/aromatic N) is 2. The van der Waals surface area contributed by atoms with E-state index in [1.165, 1.54) is 11.8 Å². The summed E-state index contributed by atoms with van der Waals surface area (Å²) in [6, 6.07) is 13.8. The first-order chi connectivity index (χ1) is 12.7. The van der Waals surface area contributed by atoms with Crippen LogP contribution in [0.3, 0.4) is 0 Å². The summed E-state index contributed by atoms with van der Waals surface area (Å²) in [6.45, 7) is 2.74. The topological polar surface area (TPSA) is 71.0 Å². The minimum absolute atomic E-state index is 0.119. The third-order valence-corrected chi connectivity index (χ3v) is 5.63. The maximum absolute atomic E-state index is 12.4. The van der Waals surface area contributed by atoms with Gasteiger partial charge >= 0.3 is 0 Å². The van der Waals surface area contributed by atoms with E-state index in [9.17, 15) is 9.59 Å². The van der Waals surface area contributed by atoms with E-state index in [-0.39, 0.29) is 18.2 Å². The summed E-state index contributed by atoms with van der Waals surface area (Å²) in [5.74, 6) is -0.408. The first-order valence-corrected chi connectivity index (χ1v) is 9.47. The van der Waals surface area contributed by atoms with Crippen molar-refractivity contribution in [1.29, 1.82) is 0 Å². The van der Waals surface area contributed by atoms with Crippen molar-refractivity contribution in [3.8, 4) is 0 Å². The monoisotopic (exact) mass is 369 g/mol. The van der Waals surface area contributed by atoms with Crippen LogP contribution in [0, 0.1) is 0 Å². The van der Waals surface area contributed by atoms with Crippen LogP contribution in [0.5, 0.6) is 0 Å². The normalized spacial score (nSPS) is 20.3. The van der Waals surface area contributed by atoms with E-state index in [0.717, 1.165) is 29.5 Å². The molecular formula is C19H19N3O3S. The van der Waals surface area contributed by atoms with Gasteiger partial charge in [0.25, 0.3) is 5.91 Å². The Morgan fingerprint density at radius 3 is 2.77 bits per heavy atom. The van der Waals surface area contributed by atoms with E-state index in [1.54, 1.807) is 0 Å². The van der Waals surface area contributed by atoms with Crippen molar-refractivity contribution in [2.45, 2.75) is 11.7 Å². The molecule has 0 aliphatic carbocycles. The molecule has 0 bridgehead atoms. The average molecular weight is 369 g/mol. The van der Waals surface area contributed by atoms with E-state index in [1.807, 2.05) is 47.4 Å². The number of benzene rings is 2. The lowest BCUT2D eigenvalue weighted by atomic mass is 10.1. The average Bonchev–Trinajstić information content (AvgIpc) is 3.03. The molecule has 2 amide bonds. The molecule has 2 heterocycles. The third kappa shape index (κ3) is 3.73. The third-order valence-electron chi connectivity index (χ3n) is 4.41. The molecule has 0 saturated carbocycles. The van der Waals surface area contributed by atoms with Gasteiger partial charge in [0.05, 0.1) is 13.2 Å². The Hall–Kier alpha value is -2.38. The Morgan fingerprint density at radius 2 is 1.96 bits per heavy atom. The number of hydrogen-bond donors (Lipinski definition) is 1. The highest BCUT2D eigenvalue weighted by Gasteiger charge is 2.33. The zero-order valence-electron chi connectivity index (χ0n) is 14.2. The molecule has 1 unspecified atom stereocenters. The first kappa shape index (κ1) is 17.1. The Morgan fingerprint density at radius 1 is 1.19 bits per heavy atom. The summed E-state index contributed by atoms with van der Waals surface area (Å²) in [5, 5.41) is 5.33. The minimum Gasteiger partial charge on any atom is -0.378 e. The number of anilines is 1. The van der Waals surface area contributed by atoms with Gasteiger partial charge < -0.3 is 15.0 Å². The maximum Gasteiger partial charge on any atom is 0.262 e. The fraction of sp³-hybridized carbons (Fsp3) is 0.316. The van der Waals surface area contributed by atoms with E-state index in [2.05, 4.69) is 10.3 Å². The van der Waals surface area contributed by atoms with Crippen molar-refractivity contribution in [1.82, 2.24) is 4.90 Å². The highest BCUT2D eigenvalue weighted by Crippen LogP contribution is 2.28. The molecule has 2 aliphatic rings. The fourth-order valence-corrected chi connectivity index (χ4v) is 4.16. The van der Waals surface area contributed by atoms with Crippen LogP contribution in [-0.4, -0.2) is 53.4 Å². The van der Waals surface area contributed by atoms with Crippen LogP contribution in [0.15, 0.2) is 47.5 Å². The quantitative estimate of drug-likeness (QED) is 0.900. The van der Waals surface area contributed by atoms with Crippen LogP contribution in [-0.2, 0) is 14.3 Å². The molecular weight excluding hydrogens is 350 g/mol.